The van der Waals surface area contributed by atoms with Crippen molar-refractivity contribution in [3.63, 3.8) is 0 Å². The van der Waals surface area contributed by atoms with E-state index >= 15 is 0 Å². The molecule has 0 spiro atoms. The molecule has 0 aliphatic carbocycles. The fraction of sp³-hybridized carbons (Fsp3) is 0.362. The zero-order chi connectivity index (χ0) is 56.3. The summed E-state index contributed by atoms with van der Waals surface area (Å²) >= 11 is 0. The molecule has 5 heterocycles. The predicted molar refractivity (Wildman–Crippen MR) is 332 cm³/mol. The molecule has 9 rings (SSSR count). The molecule has 12 heteroatoms. The smallest absolute Gasteiger partial charge is 0.657 e. The number of aromatic nitrogens is 4. The first-order chi connectivity index (χ1) is 38.5. The summed E-state index contributed by atoms with van der Waals surface area (Å²) < 4.78 is 27.6. The number of benzene rings is 4. The van der Waals surface area contributed by atoms with Gasteiger partial charge in [0.25, 0.3) is 0 Å². The Hall–Kier alpha value is -6.82. The molecule has 0 fully saturated rings. The Kier molecular flexibility index (Phi) is 20.3. The SMILES string of the molecule is CCCCCCCCCCOc1ccc(-c2c3nc(c(-c4ccc(OCC[N+](C)(C)C)cc4)c4ccc([n-]4)c(-c4ccc(OCC[N+](C)(C)C)cc4)c4nc(c(-c5ccc(OCC[N+](C)(C)C)cc5)c5ccc2[n-]5)C=C4)C=C3)cc1.[Zn+2]. The molecule has 0 atom stereocenters. The quantitative estimate of drug-likeness (QED) is 0.0301. The van der Waals surface area contributed by atoms with Gasteiger partial charge >= 0.3 is 19.5 Å². The van der Waals surface area contributed by atoms with E-state index in [1.54, 1.807) is 0 Å². The number of rotatable bonds is 26. The van der Waals surface area contributed by atoms with Gasteiger partial charge in [0.05, 0.1) is 92.8 Å². The maximum atomic E-state index is 6.33. The standard InChI is InChI=1S/C69H84N7O4.Zn/c1-11-12-13-14-15-16-17-18-46-77-54-27-19-50(20-28-54)66-58-35-37-60(70-58)67(51-21-29-55(30-22-51)78-47-43-74(2,3)4)62-39-41-64(72-62)69(53-25-33-57(34-26-53)80-49-45-76(8,9)10)65-42-40-63(73-65)68(61-38-36-59(66)71-61)52-23-31-56(32-24-52)79-48-44-75(5,6)7;/h19-42H,11-18,43-49H2,1-10H3;/q+1;+2. The molecule has 81 heavy (non-hydrogen) atoms. The van der Waals surface area contributed by atoms with Crippen LogP contribution < -0.4 is 28.9 Å². The second kappa shape index (κ2) is 27.3. The van der Waals surface area contributed by atoms with Crippen LogP contribution in [0.1, 0.15) is 81.1 Å². The third kappa shape index (κ3) is 16.7. The molecule has 0 N–H and O–H groups in total. The molecule has 2 aliphatic heterocycles. The first-order valence-corrected chi connectivity index (χ1v) is 28.9. The molecule has 7 aromatic rings. The fourth-order valence-electron chi connectivity index (χ4n) is 9.88. The summed E-state index contributed by atoms with van der Waals surface area (Å²) in [4.78, 5) is 22.1. The van der Waals surface area contributed by atoms with Crippen LogP contribution in [-0.4, -0.2) is 133 Å². The van der Waals surface area contributed by atoms with Crippen molar-refractivity contribution in [3.8, 4) is 67.5 Å². The van der Waals surface area contributed by atoms with E-state index in [0.29, 0.717) is 26.4 Å². The first kappa shape index (κ1) is 60.3. The number of hydrogen-bond acceptors (Lipinski definition) is 6. The summed E-state index contributed by atoms with van der Waals surface area (Å²) in [5.41, 5.74) is 13.9. The fourth-order valence-corrected chi connectivity index (χ4v) is 9.88. The van der Waals surface area contributed by atoms with Crippen LogP contribution in [0.5, 0.6) is 23.0 Å². The van der Waals surface area contributed by atoms with Crippen LogP contribution in [0.3, 0.4) is 0 Å². The molecule has 0 amide bonds. The van der Waals surface area contributed by atoms with Crippen LogP contribution in [0, 0.1) is 0 Å². The minimum absolute atomic E-state index is 0. The van der Waals surface area contributed by atoms with E-state index < -0.39 is 0 Å². The molecular weight excluding hydrogens is 1060 g/mol. The van der Waals surface area contributed by atoms with Gasteiger partial charge in [0, 0.05) is 0 Å². The van der Waals surface area contributed by atoms with E-state index in [-0.39, 0.29) is 19.5 Å². The van der Waals surface area contributed by atoms with Crippen molar-refractivity contribution < 1.29 is 51.9 Å². The summed E-state index contributed by atoms with van der Waals surface area (Å²) in [5.74, 6) is 3.30. The molecule has 4 aromatic carbocycles. The third-order valence-corrected chi connectivity index (χ3v) is 14.5. The zero-order valence-corrected chi connectivity index (χ0v) is 52.9. The van der Waals surface area contributed by atoms with Gasteiger partial charge in [-0.3, -0.25) is 0 Å². The van der Waals surface area contributed by atoms with Crippen molar-refractivity contribution in [2.75, 3.05) is 109 Å². The average molecular weight is 1140 g/mol. The van der Waals surface area contributed by atoms with Gasteiger partial charge in [-0.25, -0.2) is 9.97 Å². The molecular formula is C69H84N7O4Zn+3. The second-order valence-corrected chi connectivity index (χ2v) is 24.4. The molecule has 3 aromatic heterocycles. The van der Waals surface area contributed by atoms with E-state index in [4.69, 9.17) is 38.9 Å². The number of unbranched alkanes of at least 4 members (excludes halogenated alkanes) is 7. The van der Waals surface area contributed by atoms with Gasteiger partial charge in [-0.05, 0) is 124 Å². The normalized spacial score (nSPS) is 12.4. The minimum Gasteiger partial charge on any atom is -0.657 e. The Morgan fingerprint density at radius 2 is 0.568 bits per heavy atom. The first-order valence-electron chi connectivity index (χ1n) is 28.9. The number of fused-ring (bicyclic) bond motifs is 8. The van der Waals surface area contributed by atoms with Gasteiger partial charge in [0.2, 0.25) is 0 Å². The Morgan fingerprint density at radius 3 is 0.827 bits per heavy atom. The monoisotopic (exact) mass is 1140 g/mol. The Bertz CT molecular complexity index is 3350. The van der Waals surface area contributed by atoms with Crippen molar-refractivity contribution in [2.45, 2.75) is 58.3 Å². The van der Waals surface area contributed by atoms with E-state index in [1.807, 2.05) is 36.4 Å². The van der Waals surface area contributed by atoms with Crippen LogP contribution in [0.15, 0.2) is 121 Å². The topological polar surface area (TPSA) is 90.9 Å². The van der Waals surface area contributed by atoms with Crippen LogP contribution in [0.25, 0.3) is 90.9 Å². The molecule has 418 valence electrons. The van der Waals surface area contributed by atoms with Crippen molar-refractivity contribution in [1.82, 2.24) is 19.9 Å². The van der Waals surface area contributed by atoms with Gasteiger partial charge in [0.1, 0.15) is 62.5 Å². The number of hydrogen-bond donors (Lipinski definition) is 0. The van der Waals surface area contributed by atoms with Crippen LogP contribution in [-0.2, 0) is 19.5 Å². The Labute approximate surface area is 494 Å². The van der Waals surface area contributed by atoms with Crippen molar-refractivity contribution in [1.29, 1.82) is 0 Å². The summed E-state index contributed by atoms with van der Waals surface area (Å²) in [6, 6.07) is 41.9. The summed E-state index contributed by atoms with van der Waals surface area (Å²) in [7, 11) is 19.6. The van der Waals surface area contributed by atoms with Gasteiger partial charge in [0.15, 0.2) is 0 Å². The van der Waals surface area contributed by atoms with E-state index in [2.05, 4.69) is 180 Å². The van der Waals surface area contributed by atoms with E-state index in [1.165, 1.54) is 44.9 Å². The average Bonchev–Trinajstić information content (AvgIpc) is 4.34. The molecule has 8 bridgehead atoms. The number of ether oxygens (including phenoxy) is 4. The summed E-state index contributed by atoms with van der Waals surface area (Å²) in [6.07, 6.45) is 18.5. The number of quaternary nitrogens is 3. The molecule has 2 aliphatic rings. The van der Waals surface area contributed by atoms with Gasteiger partial charge in [-0.2, -0.15) is 0 Å². The van der Waals surface area contributed by atoms with Gasteiger partial charge < -0.3 is 42.4 Å². The zero-order valence-electron chi connectivity index (χ0n) is 49.9. The third-order valence-electron chi connectivity index (χ3n) is 14.5. The van der Waals surface area contributed by atoms with E-state index in [9.17, 15) is 0 Å². The molecule has 11 nitrogen and oxygen atoms in total. The molecule has 0 saturated heterocycles. The van der Waals surface area contributed by atoms with Crippen LogP contribution in [0.2, 0.25) is 0 Å². The Morgan fingerprint density at radius 1 is 0.321 bits per heavy atom. The largest absolute Gasteiger partial charge is 2.00 e. The maximum absolute atomic E-state index is 6.33. The van der Waals surface area contributed by atoms with Crippen molar-refractivity contribution >= 4 is 46.4 Å². The number of likely N-dealkylation sites (N-methyl/N-ethyl adjacent to an activating group) is 3. The van der Waals surface area contributed by atoms with Crippen LogP contribution >= 0.6 is 0 Å². The minimum atomic E-state index is 0. The predicted octanol–water partition coefficient (Wildman–Crippen LogP) is 14.4. The number of nitrogens with zero attached hydrogens (tertiary/aromatic N) is 7. The van der Waals surface area contributed by atoms with Crippen molar-refractivity contribution in [2.24, 2.45) is 0 Å². The Balaban J connectivity index is 0.00000860. The molecule has 0 saturated carbocycles. The van der Waals surface area contributed by atoms with Gasteiger partial charge in [-0.1, -0.05) is 125 Å². The summed E-state index contributed by atoms with van der Waals surface area (Å²) in [6.45, 7) is 7.46. The second-order valence-electron chi connectivity index (χ2n) is 24.4. The van der Waals surface area contributed by atoms with Crippen molar-refractivity contribution in [3.05, 3.63) is 144 Å². The molecule has 0 radical (unpaired) electrons. The van der Waals surface area contributed by atoms with Crippen LogP contribution in [0.4, 0.5) is 0 Å². The molecule has 0 unspecified atom stereocenters. The van der Waals surface area contributed by atoms with Gasteiger partial charge in [-0.15, -0.1) is 22.1 Å². The van der Waals surface area contributed by atoms with E-state index in [0.717, 1.165) is 152 Å². The maximum Gasteiger partial charge on any atom is 2.00 e. The summed E-state index contributed by atoms with van der Waals surface area (Å²) in [5, 5.41) is 0.